The van der Waals surface area contributed by atoms with Gasteiger partial charge in [0.1, 0.15) is 5.82 Å². The van der Waals surface area contributed by atoms with Crippen LogP contribution in [0, 0.1) is 13.8 Å². The molecule has 29 heavy (non-hydrogen) atoms. The second-order valence-corrected chi connectivity index (χ2v) is 6.92. The van der Waals surface area contributed by atoms with E-state index in [0.29, 0.717) is 18.1 Å². The van der Waals surface area contributed by atoms with Crippen LogP contribution in [0.15, 0.2) is 60.7 Å². The Bertz CT molecular complexity index is 1330. The van der Waals surface area contributed by atoms with Crippen LogP contribution in [0.25, 0.3) is 28.1 Å². The molecule has 0 fully saturated rings. The van der Waals surface area contributed by atoms with Crippen molar-refractivity contribution >= 4 is 22.5 Å². The average Bonchev–Trinajstić information content (AvgIpc) is 3.15. The summed E-state index contributed by atoms with van der Waals surface area (Å²) >= 11 is 0. The summed E-state index contributed by atoms with van der Waals surface area (Å²) in [4.78, 5) is 14.0. The molecule has 0 unspecified atom stereocenters. The number of rotatable bonds is 4. The first-order chi connectivity index (χ1) is 14.2. The number of anilines is 1. The van der Waals surface area contributed by atoms with Crippen molar-refractivity contribution in [2.45, 2.75) is 20.4 Å². The number of fused-ring (bicyclic) bond motifs is 2. The zero-order chi connectivity index (χ0) is 19.8. The Morgan fingerprint density at radius 3 is 2.52 bits per heavy atom. The van der Waals surface area contributed by atoms with E-state index in [1.54, 1.807) is 0 Å². The monoisotopic (exact) mass is 381 g/mol. The van der Waals surface area contributed by atoms with Crippen LogP contribution < -0.4 is 5.32 Å². The van der Waals surface area contributed by atoms with E-state index in [0.717, 1.165) is 39.5 Å². The van der Waals surface area contributed by atoms with Crippen LogP contribution in [-0.4, -0.2) is 29.5 Å². The van der Waals surface area contributed by atoms with Gasteiger partial charge in [-0.3, -0.25) is 4.40 Å². The number of nitrogens with one attached hydrogen (secondary N) is 1. The van der Waals surface area contributed by atoms with Crippen molar-refractivity contribution in [2.75, 3.05) is 5.32 Å². The van der Waals surface area contributed by atoms with E-state index in [4.69, 9.17) is 9.97 Å². The zero-order valence-electron chi connectivity index (χ0n) is 16.2. The van der Waals surface area contributed by atoms with Crippen LogP contribution in [0.3, 0.4) is 0 Å². The highest BCUT2D eigenvalue weighted by Gasteiger charge is 2.12. The van der Waals surface area contributed by atoms with E-state index in [1.807, 2.05) is 78.9 Å². The first kappa shape index (κ1) is 17.2. The van der Waals surface area contributed by atoms with Gasteiger partial charge in [0.05, 0.1) is 12.1 Å². The number of nitrogens with zero attached hydrogens (tertiary/aromatic N) is 6. The summed E-state index contributed by atoms with van der Waals surface area (Å²) in [6, 6.07) is 20.0. The molecule has 0 aliphatic rings. The molecule has 0 bridgehead atoms. The van der Waals surface area contributed by atoms with E-state index in [2.05, 4.69) is 20.5 Å². The second kappa shape index (κ2) is 6.94. The molecule has 3 aromatic heterocycles. The predicted molar refractivity (Wildman–Crippen MR) is 113 cm³/mol. The molecule has 3 heterocycles. The van der Waals surface area contributed by atoms with E-state index in [1.165, 1.54) is 0 Å². The zero-order valence-corrected chi connectivity index (χ0v) is 16.2. The minimum atomic E-state index is 0.474. The van der Waals surface area contributed by atoms with Crippen LogP contribution >= 0.6 is 0 Å². The molecular formula is C22H19N7. The SMILES string of the molecule is Cc1cc(C)n2c(CNc3nc(-c4ccccc4)nc4ccccc34)nnc2n1. The molecule has 0 saturated heterocycles. The van der Waals surface area contributed by atoms with E-state index < -0.39 is 0 Å². The summed E-state index contributed by atoms with van der Waals surface area (Å²) in [7, 11) is 0. The molecule has 0 saturated carbocycles. The molecule has 0 atom stereocenters. The Morgan fingerprint density at radius 2 is 1.66 bits per heavy atom. The maximum Gasteiger partial charge on any atom is 0.255 e. The van der Waals surface area contributed by atoms with Crippen molar-refractivity contribution in [1.29, 1.82) is 0 Å². The quantitative estimate of drug-likeness (QED) is 0.507. The van der Waals surface area contributed by atoms with E-state index in [-0.39, 0.29) is 0 Å². The van der Waals surface area contributed by atoms with Crippen molar-refractivity contribution in [2.24, 2.45) is 0 Å². The van der Waals surface area contributed by atoms with Gasteiger partial charge in [0.15, 0.2) is 11.6 Å². The van der Waals surface area contributed by atoms with Crippen molar-refractivity contribution in [3.05, 3.63) is 77.9 Å². The van der Waals surface area contributed by atoms with Gasteiger partial charge in [-0.2, -0.15) is 0 Å². The minimum absolute atomic E-state index is 0.474. The molecule has 0 amide bonds. The van der Waals surface area contributed by atoms with Gasteiger partial charge in [-0.25, -0.2) is 15.0 Å². The maximum absolute atomic E-state index is 4.79. The maximum atomic E-state index is 4.79. The molecule has 0 aliphatic carbocycles. The summed E-state index contributed by atoms with van der Waals surface area (Å²) in [6.45, 7) is 4.46. The topological polar surface area (TPSA) is 80.9 Å². The lowest BCUT2D eigenvalue weighted by molar-refractivity contribution is 0.888. The van der Waals surface area contributed by atoms with Gasteiger partial charge < -0.3 is 5.32 Å². The second-order valence-electron chi connectivity index (χ2n) is 6.92. The smallest absolute Gasteiger partial charge is 0.255 e. The highest BCUT2D eigenvalue weighted by atomic mass is 15.3. The molecule has 2 aromatic carbocycles. The lowest BCUT2D eigenvalue weighted by Crippen LogP contribution is -2.09. The number of hydrogen-bond donors (Lipinski definition) is 1. The van der Waals surface area contributed by atoms with E-state index >= 15 is 0 Å². The van der Waals surface area contributed by atoms with Crippen LogP contribution in [0.2, 0.25) is 0 Å². The van der Waals surface area contributed by atoms with Crippen molar-refractivity contribution in [3.63, 3.8) is 0 Å². The summed E-state index contributed by atoms with van der Waals surface area (Å²) in [5.41, 5.74) is 3.84. The van der Waals surface area contributed by atoms with E-state index in [9.17, 15) is 0 Å². The molecule has 0 aliphatic heterocycles. The van der Waals surface area contributed by atoms with Gasteiger partial charge in [0.2, 0.25) is 0 Å². The fourth-order valence-corrected chi connectivity index (χ4v) is 3.50. The van der Waals surface area contributed by atoms with Gasteiger partial charge in [-0.05, 0) is 32.0 Å². The van der Waals surface area contributed by atoms with Crippen molar-refractivity contribution < 1.29 is 0 Å². The molecule has 0 radical (unpaired) electrons. The Balaban J connectivity index is 1.55. The third-order valence-electron chi connectivity index (χ3n) is 4.81. The average molecular weight is 381 g/mol. The first-order valence-corrected chi connectivity index (χ1v) is 9.43. The number of hydrogen-bond acceptors (Lipinski definition) is 6. The van der Waals surface area contributed by atoms with Crippen LogP contribution in [0.1, 0.15) is 17.2 Å². The number of aryl methyl sites for hydroxylation is 2. The molecule has 7 heteroatoms. The van der Waals surface area contributed by atoms with Crippen molar-refractivity contribution in [1.82, 2.24) is 29.5 Å². The molecule has 0 spiro atoms. The molecule has 5 aromatic rings. The number of aromatic nitrogens is 6. The molecule has 1 N–H and O–H groups in total. The van der Waals surface area contributed by atoms with Crippen molar-refractivity contribution in [3.8, 4) is 11.4 Å². The fourth-order valence-electron chi connectivity index (χ4n) is 3.50. The Hall–Kier alpha value is -3.87. The summed E-state index contributed by atoms with van der Waals surface area (Å²) < 4.78 is 1.96. The Labute approximate surface area is 167 Å². The third-order valence-corrected chi connectivity index (χ3v) is 4.81. The third kappa shape index (κ3) is 3.16. The largest absolute Gasteiger partial charge is 0.362 e. The van der Waals surface area contributed by atoms with Crippen LogP contribution in [0.4, 0.5) is 5.82 Å². The van der Waals surface area contributed by atoms with Gasteiger partial charge in [-0.15, -0.1) is 10.2 Å². The van der Waals surface area contributed by atoms with Gasteiger partial charge >= 0.3 is 0 Å². The molecular weight excluding hydrogens is 362 g/mol. The van der Waals surface area contributed by atoms with Gasteiger partial charge in [0.25, 0.3) is 5.78 Å². The lowest BCUT2D eigenvalue weighted by Gasteiger charge is -2.11. The fraction of sp³-hybridized carbons (Fsp3) is 0.136. The lowest BCUT2D eigenvalue weighted by atomic mass is 10.2. The summed E-state index contributed by atoms with van der Waals surface area (Å²) in [6.07, 6.45) is 0. The molecule has 5 rings (SSSR count). The summed E-state index contributed by atoms with van der Waals surface area (Å²) in [5.74, 6) is 2.85. The Kier molecular flexibility index (Phi) is 4.13. The first-order valence-electron chi connectivity index (χ1n) is 9.43. The standard InChI is InChI=1S/C22H19N7/c1-14-12-15(2)29-19(27-28-22(29)24-14)13-23-21-17-10-6-7-11-18(17)25-20(26-21)16-8-4-3-5-9-16/h3-12H,13H2,1-2H3,(H,23,25,26). The number of para-hydroxylation sites is 1. The molecule has 7 nitrogen and oxygen atoms in total. The highest BCUT2D eigenvalue weighted by Crippen LogP contribution is 2.25. The summed E-state index contributed by atoms with van der Waals surface area (Å²) in [5, 5.41) is 12.9. The predicted octanol–water partition coefficient (Wildman–Crippen LogP) is 3.96. The Morgan fingerprint density at radius 1 is 0.862 bits per heavy atom. The minimum Gasteiger partial charge on any atom is -0.362 e. The number of benzene rings is 2. The van der Waals surface area contributed by atoms with Gasteiger partial charge in [-0.1, -0.05) is 42.5 Å². The molecule has 142 valence electrons. The van der Waals surface area contributed by atoms with Gasteiger partial charge in [0, 0.05) is 22.3 Å². The van der Waals surface area contributed by atoms with Crippen LogP contribution in [-0.2, 0) is 6.54 Å². The highest BCUT2D eigenvalue weighted by molar-refractivity contribution is 5.90. The normalized spacial score (nSPS) is 11.2. The van der Waals surface area contributed by atoms with Crippen LogP contribution in [0.5, 0.6) is 0 Å².